The Morgan fingerprint density at radius 3 is 2.42 bits per heavy atom. The van der Waals surface area contributed by atoms with E-state index >= 15 is 0 Å². The van der Waals surface area contributed by atoms with Crippen molar-refractivity contribution in [3.05, 3.63) is 84.6 Å². The lowest BCUT2D eigenvalue weighted by Crippen LogP contribution is -2.47. The summed E-state index contributed by atoms with van der Waals surface area (Å²) in [5.74, 6) is 0.107. The standard InChI is InChI=1S/C24H21N3O4S2/c1-17-6-7-19(16-23(17)24-22-5-3-2-4-18(22)12-13-25-24)26-33(30,31)21-10-8-20(9-11-21)27-14-15-32(27,28)29/h2-13,16,26H,14-15H2,1H3. The molecule has 168 valence electrons. The van der Waals surface area contributed by atoms with Crippen LogP contribution in [0, 0.1) is 6.92 Å². The van der Waals surface area contributed by atoms with Crippen LogP contribution in [0.2, 0.25) is 0 Å². The molecule has 0 bridgehead atoms. The molecule has 0 atom stereocenters. The number of nitrogens with one attached hydrogen (secondary N) is 1. The van der Waals surface area contributed by atoms with E-state index in [1.54, 1.807) is 18.3 Å². The van der Waals surface area contributed by atoms with E-state index in [9.17, 15) is 16.8 Å². The Morgan fingerprint density at radius 2 is 1.73 bits per heavy atom. The molecule has 1 N–H and O–H groups in total. The van der Waals surface area contributed by atoms with E-state index in [2.05, 4.69) is 9.71 Å². The molecular weight excluding hydrogens is 458 g/mol. The van der Waals surface area contributed by atoms with Crippen LogP contribution in [0.3, 0.4) is 0 Å². The van der Waals surface area contributed by atoms with Crippen LogP contribution in [-0.4, -0.2) is 34.1 Å². The van der Waals surface area contributed by atoms with Gasteiger partial charge in [-0.2, -0.15) is 0 Å². The fourth-order valence-electron chi connectivity index (χ4n) is 3.90. The van der Waals surface area contributed by atoms with Crippen LogP contribution < -0.4 is 9.03 Å². The quantitative estimate of drug-likeness (QED) is 0.464. The average molecular weight is 480 g/mol. The second-order valence-corrected chi connectivity index (χ2v) is 11.6. The van der Waals surface area contributed by atoms with Gasteiger partial charge in [-0.05, 0) is 60.3 Å². The minimum Gasteiger partial charge on any atom is -0.280 e. The fraction of sp³-hybridized carbons (Fsp3) is 0.125. The van der Waals surface area contributed by atoms with Crippen LogP contribution in [0.25, 0.3) is 22.0 Å². The number of benzene rings is 3. The summed E-state index contributed by atoms with van der Waals surface area (Å²) >= 11 is 0. The number of hydrogen-bond donors (Lipinski definition) is 1. The Balaban J connectivity index is 1.46. The Labute approximate surface area is 192 Å². The molecule has 1 aromatic heterocycles. The van der Waals surface area contributed by atoms with Crippen LogP contribution in [0.4, 0.5) is 11.4 Å². The number of anilines is 2. The third kappa shape index (κ3) is 3.94. The largest absolute Gasteiger partial charge is 0.280 e. The van der Waals surface area contributed by atoms with Gasteiger partial charge in [-0.25, -0.2) is 16.8 Å². The first kappa shape index (κ1) is 21.4. The molecule has 0 radical (unpaired) electrons. The van der Waals surface area contributed by atoms with Crippen molar-refractivity contribution < 1.29 is 16.8 Å². The second kappa shape index (κ2) is 7.86. The number of sulfonamides is 2. The minimum atomic E-state index is -3.87. The molecule has 0 unspecified atom stereocenters. The van der Waals surface area contributed by atoms with Crippen LogP contribution in [0.15, 0.2) is 83.9 Å². The lowest BCUT2D eigenvalue weighted by Gasteiger charge is -2.32. The molecule has 5 rings (SSSR count). The van der Waals surface area contributed by atoms with Crippen LogP contribution in [-0.2, 0) is 20.0 Å². The molecule has 2 heterocycles. The van der Waals surface area contributed by atoms with Gasteiger partial charge in [-0.3, -0.25) is 14.0 Å². The predicted octanol–water partition coefficient (Wildman–Crippen LogP) is 4.16. The van der Waals surface area contributed by atoms with Crippen molar-refractivity contribution in [1.82, 2.24) is 4.98 Å². The topological polar surface area (TPSA) is 96.4 Å². The lowest BCUT2D eigenvalue weighted by atomic mass is 10.00. The normalized spacial score (nSPS) is 15.2. The predicted molar refractivity (Wildman–Crippen MR) is 130 cm³/mol. The number of pyridine rings is 1. The molecule has 33 heavy (non-hydrogen) atoms. The minimum absolute atomic E-state index is 0.0505. The third-order valence-corrected chi connectivity index (χ3v) is 8.90. The first-order valence-electron chi connectivity index (χ1n) is 10.3. The summed E-state index contributed by atoms with van der Waals surface area (Å²) in [7, 11) is -7.13. The molecule has 1 aliphatic heterocycles. The van der Waals surface area contributed by atoms with Gasteiger partial charge in [-0.15, -0.1) is 0 Å². The van der Waals surface area contributed by atoms with Crippen molar-refractivity contribution in [3.63, 3.8) is 0 Å². The van der Waals surface area contributed by atoms with Crippen molar-refractivity contribution >= 4 is 42.2 Å². The Kier molecular flexibility index (Phi) is 5.10. The summed E-state index contributed by atoms with van der Waals surface area (Å²) in [6.07, 6.45) is 1.74. The number of aromatic nitrogens is 1. The van der Waals surface area contributed by atoms with Crippen LogP contribution in [0.5, 0.6) is 0 Å². The summed E-state index contributed by atoms with van der Waals surface area (Å²) in [4.78, 5) is 4.60. The van der Waals surface area contributed by atoms with Crippen molar-refractivity contribution in [2.45, 2.75) is 11.8 Å². The number of rotatable bonds is 5. The van der Waals surface area contributed by atoms with Gasteiger partial charge >= 0.3 is 0 Å². The summed E-state index contributed by atoms with van der Waals surface area (Å²) in [5, 5.41) is 2.04. The maximum absolute atomic E-state index is 13.0. The summed E-state index contributed by atoms with van der Waals surface area (Å²) < 4.78 is 53.4. The molecule has 1 aliphatic rings. The van der Waals surface area contributed by atoms with E-state index < -0.39 is 20.0 Å². The number of nitrogens with zero attached hydrogens (tertiary/aromatic N) is 2. The maximum atomic E-state index is 13.0. The molecule has 1 fully saturated rings. The van der Waals surface area contributed by atoms with Crippen molar-refractivity contribution in [3.8, 4) is 11.3 Å². The Bertz CT molecular complexity index is 1580. The number of aryl methyl sites for hydroxylation is 1. The van der Waals surface area contributed by atoms with Gasteiger partial charge in [0.2, 0.25) is 10.0 Å². The zero-order valence-electron chi connectivity index (χ0n) is 17.8. The molecule has 0 saturated carbocycles. The Hall–Kier alpha value is -3.43. The molecule has 4 aromatic rings. The summed E-state index contributed by atoms with van der Waals surface area (Å²) in [6.45, 7) is 2.36. The van der Waals surface area contributed by atoms with E-state index in [1.807, 2.05) is 43.3 Å². The van der Waals surface area contributed by atoms with Gasteiger partial charge in [-0.1, -0.05) is 30.3 Å². The zero-order chi connectivity index (χ0) is 23.2. The monoisotopic (exact) mass is 479 g/mol. The first-order chi connectivity index (χ1) is 15.7. The van der Waals surface area contributed by atoms with Crippen molar-refractivity contribution in [2.24, 2.45) is 0 Å². The SMILES string of the molecule is Cc1ccc(NS(=O)(=O)c2ccc(N3CCS3(=O)=O)cc2)cc1-c1nccc2ccccc12. The molecule has 7 nitrogen and oxygen atoms in total. The van der Waals surface area contributed by atoms with E-state index in [0.29, 0.717) is 17.9 Å². The van der Waals surface area contributed by atoms with Gasteiger partial charge < -0.3 is 0 Å². The highest BCUT2D eigenvalue weighted by molar-refractivity contribution is 7.94. The van der Waals surface area contributed by atoms with Gasteiger partial charge in [0.05, 0.1) is 22.0 Å². The smallest absolute Gasteiger partial charge is 0.261 e. The van der Waals surface area contributed by atoms with Crippen LogP contribution in [0.1, 0.15) is 5.56 Å². The zero-order valence-corrected chi connectivity index (χ0v) is 19.4. The highest BCUT2D eigenvalue weighted by Crippen LogP contribution is 2.32. The summed E-state index contributed by atoms with van der Waals surface area (Å²) in [5.41, 5.74) is 3.47. The molecule has 0 spiro atoms. The van der Waals surface area contributed by atoms with Crippen molar-refractivity contribution in [1.29, 1.82) is 0 Å². The molecule has 3 aromatic carbocycles. The third-order valence-electron chi connectivity index (χ3n) is 5.74. The number of hydrogen-bond acceptors (Lipinski definition) is 5. The molecule has 9 heteroatoms. The lowest BCUT2D eigenvalue weighted by molar-refractivity contribution is 0.578. The fourth-order valence-corrected chi connectivity index (χ4v) is 6.06. The van der Waals surface area contributed by atoms with E-state index in [1.165, 1.54) is 28.6 Å². The van der Waals surface area contributed by atoms with E-state index in [0.717, 1.165) is 27.6 Å². The Morgan fingerprint density at radius 1 is 0.970 bits per heavy atom. The van der Waals surface area contributed by atoms with Crippen molar-refractivity contribution in [2.75, 3.05) is 21.3 Å². The molecule has 0 aliphatic carbocycles. The van der Waals surface area contributed by atoms with Crippen LogP contribution >= 0.6 is 0 Å². The van der Waals surface area contributed by atoms with E-state index in [4.69, 9.17) is 0 Å². The number of fused-ring (bicyclic) bond motifs is 1. The summed E-state index contributed by atoms with van der Waals surface area (Å²) in [6, 6.07) is 21.0. The highest BCUT2D eigenvalue weighted by atomic mass is 32.2. The van der Waals surface area contributed by atoms with Gasteiger partial charge in [0.15, 0.2) is 0 Å². The molecular formula is C24H21N3O4S2. The maximum Gasteiger partial charge on any atom is 0.261 e. The molecule has 1 saturated heterocycles. The van der Waals surface area contributed by atoms with Gasteiger partial charge in [0.1, 0.15) is 0 Å². The first-order valence-corrected chi connectivity index (χ1v) is 13.4. The average Bonchev–Trinajstić information content (AvgIpc) is 2.79. The molecule has 0 amide bonds. The van der Waals surface area contributed by atoms with E-state index in [-0.39, 0.29) is 10.6 Å². The highest BCUT2D eigenvalue weighted by Gasteiger charge is 2.32. The van der Waals surface area contributed by atoms with Gasteiger partial charge in [0.25, 0.3) is 10.0 Å². The van der Waals surface area contributed by atoms with Gasteiger partial charge in [0, 0.05) is 29.4 Å². The second-order valence-electron chi connectivity index (χ2n) is 7.90.